The van der Waals surface area contributed by atoms with Crippen molar-refractivity contribution in [3.05, 3.63) is 17.0 Å². The van der Waals surface area contributed by atoms with E-state index in [0.29, 0.717) is 11.3 Å². The third kappa shape index (κ3) is 4.83. The van der Waals surface area contributed by atoms with Gasteiger partial charge in [0, 0.05) is 13.1 Å². The molecule has 1 rings (SSSR count). The van der Waals surface area contributed by atoms with Crippen LogP contribution in [0.25, 0.3) is 0 Å². The Balaban J connectivity index is 2.68. The highest BCUT2D eigenvalue weighted by Gasteiger charge is 2.19. The molecule has 8 nitrogen and oxygen atoms in total. The lowest BCUT2D eigenvalue weighted by Gasteiger charge is -2.06. The molecular weight excluding hydrogens is 328 g/mol. The second-order valence-electron chi connectivity index (χ2n) is 3.64. The molecule has 0 spiro atoms. The molecule has 1 heterocycles. The van der Waals surface area contributed by atoms with Gasteiger partial charge in [-0.3, -0.25) is 0 Å². The van der Waals surface area contributed by atoms with Crippen LogP contribution >= 0.6 is 11.3 Å². The van der Waals surface area contributed by atoms with E-state index < -0.39 is 31.8 Å². The number of carboxylic acids is 1. The van der Waals surface area contributed by atoms with Gasteiger partial charge in [-0.25, -0.2) is 31.1 Å². The quantitative estimate of drug-likeness (QED) is 0.593. The molecule has 1 aromatic rings. The van der Waals surface area contributed by atoms with Crippen LogP contribution in [0.15, 0.2) is 16.3 Å². The second-order valence-corrected chi connectivity index (χ2v) is 8.64. The molecule has 11 heteroatoms. The Labute approximate surface area is 120 Å². The highest BCUT2D eigenvalue weighted by Crippen LogP contribution is 2.21. The minimum atomic E-state index is -3.90. The van der Waals surface area contributed by atoms with Crippen LogP contribution in [0.1, 0.15) is 16.6 Å². The second kappa shape index (κ2) is 6.63. The summed E-state index contributed by atoms with van der Waals surface area (Å²) in [5.74, 6) is -1.61. The third-order valence-electron chi connectivity index (χ3n) is 2.08. The normalized spacial score (nSPS) is 12.4. The third-order valence-corrected chi connectivity index (χ3v) is 6.58. The van der Waals surface area contributed by atoms with Gasteiger partial charge in [0.25, 0.3) is 0 Å². The van der Waals surface area contributed by atoms with Gasteiger partial charge in [-0.2, -0.15) is 0 Å². The van der Waals surface area contributed by atoms with Crippen LogP contribution in [0.5, 0.6) is 0 Å². The molecule has 0 unspecified atom stereocenters. The van der Waals surface area contributed by atoms with E-state index in [1.54, 1.807) is 6.92 Å². The van der Waals surface area contributed by atoms with Crippen LogP contribution in [0.3, 0.4) is 0 Å². The monoisotopic (exact) mass is 342 g/mol. The molecule has 0 amide bonds. The largest absolute Gasteiger partial charge is 0.477 e. The average molecular weight is 342 g/mol. The Bertz CT molecular complexity index is 676. The predicted octanol–water partition coefficient (Wildman–Crippen LogP) is -0.336. The van der Waals surface area contributed by atoms with Gasteiger partial charge in [0.1, 0.15) is 9.09 Å². The maximum atomic E-state index is 11.8. The number of thiophene rings is 1. The molecule has 0 saturated heterocycles. The molecule has 0 radical (unpaired) electrons. The van der Waals surface area contributed by atoms with Crippen molar-refractivity contribution < 1.29 is 26.7 Å². The van der Waals surface area contributed by atoms with Crippen LogP contribution in [0.2, 0.25) is 0 Å². The van der Waals surface area contributed by atoms with E-state index in [9.17, 15) is 21.6 Å². The molecule has 0 aliphatic rings. The maximum absolute atomic E-state index is 11.8. The van der Waals surface area contributed by atoms with E-state index >= 15 is 0 Å². The maximum Gasteiger partial charge on any atom is 0.345 e. The fraction of sp³-hybridized carbons (Fsp3) is 0.444. The zero-order chi connectivity index (χ0) is 15.4. The summed E-state index contributed by atoms with van der Waals surface area (Å²) in [6, 6.07) is 2.34. The first-order valence-electron chi connectivity index (χ1n) is 5.48. The number of carbonyl (C=O) groups is 1. The smallest absolute Gasteiger partial charge is 0.345 e. The lowest BCUT2D eigenvalue weighted by molar-refractivity contribution is 0.0702. The van der Waals surface area contributed by atoms with Gasteiger partial charge in [-0.15, -0.1) is 11.3 Å². The van der Waals surface area contributed by atoms with E-state index in [4.69, 9.17) is 5.11 Å². The van der Waals surface area contributed by atoms with Crippen LogP contribution < -0.4 is 9.44 Å². The fourth-order valence-corrected chi connectivity index (χ4v) is 4.56. The standard InChI is InChI=1S/C9H14N2O6S3/c1-2-10-19(14,15)6-5-11-20(16,17)8-4-3-7(18-8)9(12)13/h3-4,10-11H,2,5-6H2,1H3,(H,12,13). The van der Waals surface area contributed by atoms with Gasteiger partial charge in [0.05, 0.1) is 5.75 Å². The number of nitrogens with one attached hydrogen (secondary N) is 2. The van der Waals surface area contributed by atoms with E-state index in [2.05, 4.69) is 9.44 Å². The summed E-state index contributed by atoms with van der Waals surface area (Å²) in [6.45, 7) is 1.54. The Morgan fingerprint density at radius 3 is 2.40 bits per heavy atom. The lowest BCUT2D eigenvalue weighted by atomic mass is 10.5. The van der Waals surface area contributed by atoms with Crippen molar-refractivity contribution >= 4 is 37.4 Å². The van der Waals surface area contributed by atoms with Gasteiger partial charge in [0.2, 0.25) is 20.0 Å². The van der Waals surface area contributed by atoms with Gasteiger partial charge in [0.15, 0.2) is 0 Å². The topological polar surface area (TPSA) is 130 Å². The number of hydrogen-bond acceptors (Lipinski definition) is 6. The molecule has 0 atom stereocenters. The van der Waals surface area contributed by atoms with E-state index in [0.717, 1.165) is 6.07 Å². The molecule has 0 aliphatic carbocycles. The number of sulfonamides is 2. The molecule has 0 aliphatic heterocycles. The van der Waals surface area contributed by atoms with Crippen LogP contribution in [-0.2, 0) is 20.0 Å². The van der Waals surface area contributed by atoms with Crippen molar-refractivity contribution in [3.63, 3.8) is 0 Å². The van der Waals surface area contributed by atoms with Crippen molar-refractivity contribution in [2.75, 3.05) is 18.8 Å². The molecular formula is C9H14N2O6S3. The number of carboxylic acid groups (broad SMARTS) is 1. The summed E-state index contributed by atoms with van der Waals surface area (Å²) in [4.78, 5) is 10.6. The van der Waals surface area contributed by atoms with Gasteiger partial charge >= 0.3 is 5.97 Å². The molecule has 114 valence electrons. The number of hydrogen-bond donors (Lipinski definition) is 3. The predicted molar refractivity (Wildman–Crippen MR) is 73.9 cm³/mol. The summed E-state index contributed by atoms with van der Waals surface area (Å²) in [7, 11) is -7.41. The average Bonchev–Trinajstić information content (AvgIpc) is 2.77. The number of rotatable bonds is 8. The van der Waals surface area contributed by atoms with Crippen molar-refractivity contribution in [3.8, 4) is 0 Å². The number of aromatic carboxylic acids is 1. The van der Waals surface area contributed by atoms with Crippen molar-refractivity contribution in [2.45, 2.75) is 11.1 Å². The van der Waals surface area contributed by atoms with Gasteiger partial charge in [-0.05, 0) is 12.1 Å². The summed E-state index contributed by atoms with van der Waals surface area (Å²) >= 11 is 0.601. The van der Waals surface area contributed by atoms with Crippen LogP contribution in [0.4, 0.5) is 0 Å². The van der Waals surface area contributed by atoms with Gasteiger partial charge < -0.3 is 5.11 Å². The highest BCUT2D eigenvalue weighted by molar-refractivity contribution is 7.92. The fourth-order valence-electron chi connectivity index (χ4n) is 1.25. The Kier molecular flexibility index (Phi) is 5.65. The first kappa shape index (κ1) is 17.0. The van der Waals surface area contributed by atoms with E-state index in [1.807, 2.05) is 0 Å². The van der Waals surface area contributed by atoms with Crippen LogP contribution in [0, 0.1) is 0 Å². The first-order chi connectivity index (χ1) is 9.18. The van der Waals surface area contributed by atoms with Crippen molar-refractivity contribution in [2.24, 2.45) is 0 Å². The lowest BCUT2D eigenvalue weighted by Crippen LogP contribution is -2.34. The Morgan fingerprint density at radius 2 is 1.90 bits per heavy atom. The molecule has 1 aromatic heterocycles. The van der Waals surface area contributed by atoms with Crippen molar-refractivity contribution in [1.29, 1.82) is 0 Å². The highest BCUT2D eigenvalue weighted by atomic mass is 32.2. The summed E-state index contributed by atoms with van der Waals surface area (Å²) < 4.78 is 50.4. The molecule has 0 aromatic carbocycles. The Hall–Kier alpha value is -1.01. The summed E-state index contributed by atoms with van der Waals surface area (Å²) in [6.07, 6.45) is 0. The molecule has 0 fully saturated rings. The van der Waals surface area contributed by atoms with Crippen molar-refractivity contribution in [1.82, 2.24) is 9.44 Å². The Morgan fingerprint density at radius 1 is 1.25 bits per heavy atom. The minimum Gasteiger partial charge on any atom is -0.477 e. The first-order valence-corrected chi connectivity index (χ1v) is 9.43. The van der Waals surface area contributed by atoms with Crippen LogP contribution in [-0.4, -0.2) is 46.8 Å². The molecule has 0 bridgehead atoms. The summed E-state index contributed by atoms with van der Waals surface area (Å²) in [5.41, 5.74) is 0. The zero-order valence-electron chi connectivity index (χ0n) is 10.5. The minimum absolute atomic E-state index is 0.106. The van der Waals surface area contributed by atoms with Gasteiger partial charge in [-0.1, -0.05) is 6.92 Å². The SMILES string of the molecule is CCNS(=O)(=O)CCNS(=O)(=O)c1ccc(C(=O)O)s1. The summed E-state index contributed by atoms with van der Waals surface area (Å²) in [5, 5.41) is 8.71. The van der Waals surface area contributed by atoms with E-state index in [1.165, 1.54) is 6.07 Å². The molecule has 3 N–H and O–H groups in total. The van der Waals surface area contributed by atoms with E-state index in [-0.39, 0.29) is 22.2 Å². The molecule has 0 saturated carbocycles. The molecule has 20 heavy (non-hydrogen) atoms. The zero-order valence-corrected chi connectivity index (χ0v) is 12.9.